The van der Waals surface area contributed by atoms with Crippen LogP contribution in [0.4, 0.5) is 5.69 Å². The van der Waals surface area contributed by atoms with Crippen LogP contribution in [0.5, 0.6) is 0 Å². The van der Waals surface area contributed by atoms with E-state index in [-0.39, 0.29) is 11.7 Å². The third-order valence-corrected chi connectivity index (χ3v) is 2.44. The number of ether oxygens (including phenoxy) is 1. The Morgan fingerprint density at radius 1 is 1.69 bits per heavy atom. The first-order valence-electron chi connectivity index (χ1n) is 4.97. The molecule has 0 aliphatic heterocycles. The van der Waals surface area contributed by atoms with E-state index in [1.54, 1.807) is 19.2 Å². The van der Waals surface area contributed by atoms with Crippen molar-refractivity contribution in [1.82, 2.24) is 4.98 Å². The van der Waals surface area contributed by atoms with Gasteiger partial charge in [0.15, 0.2) is 0 Å². The summed E-state index contributed by atoms with van der Waals surface area (Å²) in [5.74, 6) is -1.02. The van der Waals surface area contributed by atoms with Crippen molar-refractivity contribution in [3.63, 3.8) is 0 Å². The fourth-order valence-electron chi connectivity index (χ4n) is 1.36. The third kappa shape index (κ3) is 2.93. The highest BCUT2D eigenvalue weighted by Crippen LogP contribution is 2.15. The molecule has 1 unspecified atom stereocenters. The molecular weight excluding hydrogens is 208 g/mol. The molecule has 1 atom stereocenters. The van der Waals surface area contributed by atoms with Crippen LogP contribution < -0.4 is 4.90 Å². The van der Waals surface area contributed by atoms with E-state index >= 15 is 0 Å². The summed E-state index contributed by atoms with van der Waals surface area (Å²) in [6.45, 7) is 2.59. The number of hydrogen-bond donors (Lipinski definition) is 1. The van der Waals surface area contributed by atoms with Gasteiger partial charge in [-0.05, 0) is 19.1 Å². The molecule has 0 bridgehead atoms. The molecule has 16 heavy (non-hydrogen) atoms. The number of aromatic nitrogens is 1. The average molecular weight is 224 g/mol. The highest BCUT2D eigenvalue weighted by molar-refractivity contribution is 5.86. The number of nitrogens with zero attached hydrogens (tertiary/aromatic N) is 2. The summed E-state index contributed by atoms with van der Waals surface area (Å²) in [7, 11) is 3.53. The number of carboxylic acid groups (broad SMARTS) is 1. The molecule has 0 amide bonds. The number of methoxy groups -OCH3 is 1. The van der Waals surface area contributed by atoms with Crippen molar-refractivity contribution in [3.8, 4) is 0 Å². The first-order chi connectivity index (χ1) is 7.56. The maximum absolute atomic E-state index is 10.8. The normalized spacial score (nSPS) is 12.2. The minimum Gasteiger partial charge on any atom is -0.477 e. The van der Waals surface area contributed by atoms with E-state index in [0.29, 0.717) is 6.61 Å². The van der Waals surface area contributed by atoms with Crippen LogP contribution in [0.3, 0.4) is 0 Å². The number of carbonyl (C=O) groups is 1. The lowest BCUT2D eigenvalue weighted by Gasteiger charge is -2.26. The SMILES string of the molecule is COCC(C)N(C)c1ccnc(C(=O)O)c1. The Kier molecular flexibility index (Phi) is 4.25. The summed E-state index contributed by atoms with van der Waals surface area (Å²) >= 11 is 0. The minimum atomic E-state index is -1.02. The van der Waals surface area contributed by atoms with Crippen molar-refractivity contribution in [3.05, 3.63) is 24.0 Å². The average Bonchev–Trinajstić information content (AvgIpc) is 2.28. The fourth-order valence-corrected chi connectivity index (χ4v) is 1.36. The smallest absolute Gasteiger partial charge is 0.354 e. The van der Waals surface area contributed by atoms with Crippen molar-refractivity contribution in [2.24, 2.45) is 0 Å². The van der Waals surface area contributed by atoms with Crippen LogP contribution in [0.15, 0.2) is 18.3 Å². The second kappa shape index (κ2) is 5.46. The Bertz CT molecular complexity index is 368. The molecule has 88 valence electrons. The summed E-state index contributed by atoms with van der Waals surface area (Å²) in [5.41, 5.74) is 0.867. The van der Waals surface area contributed by atoms with Crippen LogP contribution in [-0.4, -0.2) is 42.9 Å². The number of pyridine rings is 1. The number of likely N-dealkylation sites (N-methyl/N-ethyl adjacent to an activating group) is 1. The molecule has 0 aliphatic rings. The van der Waals surface area contributed by atoms with E-state index in [1.807, 2.05) is 18.9 Å². The molecule has 1 heterocycles. The molecule has 0 radical (unpaired) electrons. The van der Waals surface area contributed by atoms with Crippen molar-refractivity contribution >= 4 is 11.7 Å². The van der Waals surface area contributed by atoms with E-state index < -0.39 is 5.97 Å². The van der Waals surface area contributed by atoms with Crippen LogP contribution in [0.25, 0.3) is 0 Å². The number of carboxylic acids is 1. The molecule has 1 aromatic heterocycles. The summed E-state index contributed by atoms with van der Waals surface area (Å²) < 4.78 is 5.05. The number of aromatic carboxylic acids is 1. The number of anilines is 1. The summed E-state index contributed by atoms with van der Waals surface area (Å²) in [5, 5.41) is 8.83. The lowest BCUT2D eigenvalue weighted by molar-refractivity contribution is 0.0690. The van der Waals surface area contributed by atoms with Gasteiger partial charge in [-0.3, -0.25) is 0 Å². The van der Waals surface area contributed by atoms with Gasteiger partial charge >= 0.3 is 5.97 Å². The second-order valence-corrected chi connectivity index (χ2v) is 3.62. The van der Waals surface area contributed by atoms with Gasteiger partial charge in [-0.15, -0.1) is 0 Å². The molecular formula is C11H16N2O3. The molecule has 0 fully saturated rings. The van der Waals surface area contributed by atoms with Gasteiger partial charge in [0, 0.05) is 32.1 Å². The first-order valence-corrected chi connectivity index (χ1v) is 4.97. The topological polar surface area (TPSA) is 62.7 Å². The van der Waals surface area contributed by atoms with Crippen LogP contribution >= 0.6 is 0 Å². The molecule has 5 nitrogen and oxygen atoms in total. The zero-order chi connectivity index (χ0) is 12.1. The molecule has 1 N–H and O–H groups in total. The zero-order valence-electron chi connectivity index (χ0n) is 9.67. The first kappa shape index (κ1) is 12.4. The monoisotopic (exact) mass is 224 g/mol. The standard InChI is InChI=1S/C11H16N2O3/c1-8(7-16-3)13(2)9-4-5-12-10(6-9)11(14)15/h4-6,8H,7H2,1-3H3,(H,14,15). The van der Waals surface area contributed by atoms with Crippen molar-refractivity contribution in [1.29, 1.82) is 0 Å². The van der Waals surface area contributed by atoms with E-state index in [9.17, 15) is 4.79 Å². The summed E-state index contributed by atoms with van der Waals surface area (Å²) in [6, 6.07) is 3.50. The highest BCUT2D eigenvalue weighted by atomic mass is 16.5. The van der Waals surface area contributed by atoms with Gasteiger partial charge in [-0.1, -0.05) is 0 Å². The summed E-state index contributed by atoms with van der Waals surface area (Å²) in [4.78, 5) is 16.5. The predicted molar refractivity (Wildman–Crippen MR) is 60.9 cm³/mol. The maximum Gasteiger partial charge on any atom is 0.354 e. The van der Waals surface area contributed by atoms with Crippen LogP contribution in [0.2, 0.25) is 0 Å². The van der Waals surface area contributed by atoms with Gasteiger partial charge in [0.2, 0.25) is 0 Å². The molecule has 5 heteroatoms. The Morgan fingerprint density at radius 2 is 2.38 bits per heavy atom. The highest BCUT2D eigenvalue weighted by Gasteiger charge is 2.12. The Morgan fingerprint density at radius 3 is 2.94 bits per heavy atom. The molecule has 0 saturated heterocycles. The second-order valence-electron chi connectivity index (χ2n) is 3.62. The van der Waals surface area contributed by atoms with Crippen molar-refractivity contribution < 1.29 is 14.6 Å². The number of hydrogen-bond acceptors (Lipinski definition) is 4. The van der Waals surface area contributed by atoms with Gasteiger partial charge in [0.05, 0.1) is 6.61 Å². The minimum absolute atomic E-state index is 0.0500. The number of rotatable bonds is 5. The van der Waals surface area contributed by atoms with Crippen molar-refractivity contribution in [2.75, 3.05) is 25.7 Å². The quantitative estimate of drug-likeness (QED) is 0.815. The summed E-state index contributed by atoms with van der Waals surface area (Å²) in [6.07, 6.45) is 1.49. The van der Waals surface area contributed by atoms with E-state index in [2.05, 4.69) is 4.98 Å². The Labute approximate surface area is 94.7 Å². The lowest BCUT2D eigenvalue weighted by atomic mass is 10.2. The van der Waals surface area contributed by atoms with Crippen molar-refractivity contribution in [2.45, 2.75) is 13.0 Å². The van der Waals surface area contributed by atoms with Gasteiger partial charge in [0.1, 0.15) is 5.69 Å². The maximum atomic E-state index is 10.8. The third-order valence-electron chi connectivity index (χ3n) is 2.44. The molecule has 1 aromatic rings. The molecule has 0 spiro atoms. The molecule has 0 saturated carbocycles. The van der Waals surface area contributed by atoms with E-state index in [4.69, 9.17) is 9.84 Å². The van der Waals surface area contributed by atoms with Gasteiger partial charge in [-0.2, -0.15) is 0 Å². The predicted octanol–water partition coefficient (Wildman–Crippen LogP) is 1.25. The fraction of sp³-hybridized carbons (Fsp3) is 0.455. The van der Waals surface area contributed by atoms with E-state index in [1.165, 1.54) is 6.20 Å². The largest absolute Gasteiger partial charge is 0.477 e. The lowest BCUT2D eigenvalue weighted by Crippen LogP contribution is -2.32. The van der Waals surface area contributed by atoms with Crippen LogP contribution in [-0.2, 0) is 4.74 Å². The molecule has 0 aliphatic carbocycles. The van der Waals surface area contributed by atoms with Crippen LogP contribution in [0, 0.1) is 0 Å². The van der Waals surface area contributed by atoms with Gasteiger partial charge < -0.3 is 14.7 Å². The molecule has 0 aromatic carbocycles. The van der Waals surface area contributed by atoms with Gasteiger partial charge in [0.25, 0.3) is 0 Å². The molecule has 1 rings (SSSR count). The van der Waals surface area contributed by atoms with Crippen LogP contribution in [0.1, 0.15) is 17.4 Å². The Hall–Kier alpha value is -1.62. The van der Waals surface area contributed by atoms with Gasteiger partial charge in [-0.25, -0.2) is 9.78 Å². The Balaban J connectivity index is 2.86. The van der Waals surface area contributed by atoms with E-state index in [0.717, 1.165) is 5.69 Å². The zero-order valence-corrected chi connectivity index (χ0v) is 9.67.